The zero-order chi connectivity index (χ0) is 14.0. The van der Waals surface area contributed by atoms with E-state index in [0.717, 1.165) is 12.2 Å². The molecule has 1 heterocycles. The first-order valence-electron chi connectivity index (χ1n) is 6.57. The van der Waals surface area contributed by atoms with E-state index in [0.29, 0.717) is 22.5 Å². The van der Waals surface area contributed by atoms with Crippen LogP contribution in [0.25, 0.3) is 0 Å². The molecule has 0 saturated carbocycles. The SMILES string of the molecule is CC1CCC(C)N(c2ccc(C(N)=NO)cc2Cl)C1. The molecule has 1 aliphatic rings. The lowest BCUT2D eigenvalue weighted by molar-refractivity contribution is 0.318. The number of nitrogens with two attached hydrogens (primary N) is 1. The molecule has 0 aromatic heterocycles. The van der Waals surface area contributed by atoms with Crippen molar-refractivity contribution in [3.8, 4) is 0 Å². The minimum atomic E-state index is 0.0773. The second kappa shape index (κ2) is 5.70. The van der Waals surface area contributed by atoms with Gasteiger partial charge in [-0.2, -0.15) is 0 Å². The van der Waals surface area contributed by atoms with E-state index in [-0.39, 0.29) is 5.84 Å². The molecule has 0 bridgehead atoms. The molecular weight excluding hydrogens is 262 g/mol. The second-order valence-electron chi connectivity index (χ2n) is 5.34. The van der Waals surface area contributed by atoms with E-state index in [9.17, 15) is 0 Å². The third-order valence-electron chi connectivity index (χ3n) is 3.78. The first kappa shape index (κ1) is 14.0. The Morgan fingerprint density at radius 3 is 2.79 bits per heavy atom. The number of rotatable bonds is 2. The summed E-state index contributed by atoms with van der Waals surface area (Å²) in [5.41, 5.74) is 7.23. The van der Waals surface area contributed by atoms with Gasteiger partial charge in [-0.05, 0) is 43.9 Å². The van der Waals surface area contributed by atoms with Gasteiger partial charge in [0.05, 0.1) is 10.7 Å². The summed E-state index contributed by atoms with van der Waals surface area (Å²) in [5, 5.41) is 12.3. The minimum absolute atomic E-state index is 0.0773. The van der Waals surface area contributed by atoms with Crippen molar-refractivity contribution >= 4 is 23.1 Å². The van der Waals surface area contributed by atoms with Gasteiger partial charge >= 0.3 is 0 Å². The lowest BCUT2D eigenvalue weighted by atomic mass is 9.94. The van der Waals surface area contributed by atoms with Crippen LogP contribution in [0.2, 0.25) is 5.02 Å². The predicted octanol–water partition coefficient (Wildman–Crippen LogP) is 3.06. The van der Waals surface area contributed by atoms with E-state index in [1.54, 1.807) is 6.07 Å². The Morgan fingerprint density at radius 1 is 1.42 bits per heavy atom. The number of hydrogen-bond donors (Lipinski definition) is 2. The average Bonchev–Trinajstić information content (AvgIpc) is 2.41. The van der Waals surface area contributed by atoms with Crippen LogP contribution < -0.4 is 10.6 Å². The first-order chi connectivity index (χ1) is 9.02. The molecular formula is C14H20ClN3O. The van der Waals surface area contributed by atoms with Crippen molar-refractivity contribution in [2.24, 2.45) is 16.8 Å². The number of benzene rings is 1. The molecule has 0 radical (unpaired) electrons. The van der Waals surface area contributed by atoms with Crippen LogP contribution >= 0.6 is 11.6 Å². The summed E-state index contributed by atoms with van der Waals surface area (Å²) in [5.74, 6) is 0.754. The molecule has 2 rings (SSSR count). The summed E-state index contributed by atoms with van der Waals surface area (Å²) >= 11 is 6.34. The monoisotopic (exact) mass is 281 g/mol. The van der Waals surface area contributed by atoms with Crippen molar-refractivity contribution in [2.75, 3.05) is 11.4 Å². The lowest BCUT2D eigenvalue weighted by Gasteiger charge is -2.39. The summed E-state index contributed by atoms with van der Waals surface area (Å²) in [7, 11) is 0. The van der Waals surface area contributed by atoms with Gasteiger partial charge in [-0.15, -0.1) is 0 Å². The molecule has 0 spiro atoms. The van der Waals surface area contributed by atoms with Gasteiger partial charge < -0.3 is 15.8 Å². The van der Waals surface area contributed by atoms with E-state index < -0.39 is 0 Å². The smallest absolute Gasteiger partial charge is 0.170 e. The van der Waals surface area contributed by atoms with Crippen molar-refractivity contribution in [3.05, 3.63) is 28.8 Å². The average molecular weight is 282 g/mol. The van der Waals surface area contributed by atoms with Crippen molar-refractivity contribution in [1.29, 1.82) is 0 Å². The van der Waals surface area contributed by atoms with Crippen LogP contribution in [0.15, 0.2) is 23.4 Å². The molecule has 3 N–H and O–H groups in total. The number of piperidine rings is 1. The van der Waals surface area contributed by atoms with Crippen LogP contribution in [-0.2, 0) is 0 Å². The first-order valence-corrected chi connectivity index (χ1v) is 6.94. The molecule has 0 aliphatic carbocycles. The topological polar surface area (TPSA) is 61.8 Å². The summed E-state index contributed by atoms with van der Waals surface area (Å²) in [6.07, 6.45) is 2.44. The molecule has 5 heteroatoms. The number of hydrogen-bond acceptors (Lipinski definition) is 3. The lowest BCUT2D eigenvalue weighted by Crippen LogP contribution is -2.41. The van der Waals surface area contributed by atoms with Crippen LogP contribution in [0.4, 0.5) is 5.69 Å². The highest BCUT2D eigenvalue weighted by Gasteiger charge is 2.24. The van der Waals surface area contributed by atoms with E-state index >= 15 is 0 Å². The molecule has 4 nitrogen and oxygen atoms in total. The molecule has 19 heavy (non-hydrogen) atoms. The Morgan fingerprint density at radius 2 is 2.16 bits per heavy atom. The number of nitrogens with zero attached hydrogens (tertiary/aromatic N) is 2. The Hall–Kier alpha value is -1.42. The maximum Gasteiger partial charge on any atom is 0.170 e. The Kier molecular flexibility index (Phi) is 4.20. The van der Waals surface area contributed by atoms with Crippen LogP contribution in [-0.4, -0.2) is 23.6 Å². The number of amidine groups is 1. The van der Waals surface area contributed by atoms with Gasteiger partial charge in [-0.25, -0.2) is 0 Å². The summed E-state index contributed by atoms with van der Waals surface area (Å²) in [6, 6.07) is 6.02. The van der Waals surface area contributed by atoms with Crippen LogP contribution in [0.5, 0.6) is 0 Å². The highest BCUT2D eigenvalue weighted by molar-refractivity contribution is 6.33. The number of anilines is 1. The summed E-state index contributed by atoms with van der Waals surface area (Å²) in [4.78, 5) is 2.34. The fourth-order valence-electron chi connectivity index (χ4n) is 2.58. The van der Waals surface area contributed by atoms with Gasteiger partial charge in [0.2, 0.25) is 0 Å². The van der Waals surface area contributed by atoms with Crippen molar-refractivity contribution in [3.63, 3.8) is 0 Å². The van der Waals surface area contributed by atoms with Gasteiger partial charge in [0.25, 0.3) is 0 Å². The van der Waals surface area contributed by atoms with Crippen LogP contribution in [0.3, 0.4) is 0 Å². The van der Waals surface area contributed by atoms with Gasteiger partial charge in [0, 0.05) is 18.2 Å². The molecule has 2 unspecified atom stereocenters. The standard InChI is InChI=1S/C14H20ClN3O/c1-9-3-4-10(2)18(8-9)13-6-5-11(7-12(13)15)14(16)17-19/h5-7,9-10,19H,3-4,8H2,1-2H3,(H2,16,17). The van der Waals surface area contributed by atoms with Crippen LogP contribution in [0.1, 0.15) is 32.3 Å². The zero-order valence-electron chi connectivity index (χ0n) is 11.3. The van der Waals surface area contributed by atoms with E-state index in [1.165, 1.54) is 12.8 Å². The van der Waals surface area contributed by atoms with Gasteiger partial charge in [0.15, 0.2) is 5.84 Å². The predicted molar refractivity (Wildman–Crippen MR) is 79.2 cm³/mol. The zero-order valence-corrected chi connectivity index (χ0v) is 12.1. The quantitative estimate of drug-likeness (QED) is 0.379. The highest BCUT2D eigenvalue weighted by Crippen LogP contribution is 2.33. The number of oxime groups is 1. The van der Waals surface area contributed by atoms with Gasteiger partial charge in [-0.3, -0.25) is 0 Å². The van der Waals surface area contributed by atoms with Crippen molar-refractivity contribution in [1.82, 2.24) is 0 Å². The molecule has 1 saturated heterocycles. The third kappa shape index (κ3) is 2.95. The molecule has 1 aliphatic heterocycles. The summed E-state index contributed by atoms with van der Waals surface area (Å²) in [6.45, 7) is 5.50. The fourth-order valence-corrected chi connectivity index (χ4v) is 2.87. The second-order valence-corrected chi connectivity index (χ2v) is 5.74. The van der Waals surface area contributed by atoms with E-state index in [4.69, 9.17) is 22.5 Å². The third-order valence-corrected chi connectivity index (χ3v) is 4.08. The minimum Gasteiger partial charge on any atom is -0.409 e. The van der Waals surface area contributed by atoms with Gasteiger partial charge in [-0.1, -0.05) is 23.7 Å². The van der Waals surface area contributed by atoms with Crippen molar-refractivity contribution < 1.29 is 5.21 Å². The fraction of sp³-hybridized carbons (Fsp3) is 0.500. The maximum atomic E-state index is 8.68. The van der Waals surface area contributed by atoms with Gasteiger partial charge in [0.1, 0.15) is 0 Å². The molecule has 1 aromatic carbocycles. The number of halogens is 1. The highest BCUT2D eigenvalue weighted by atomic mass is 35.5. The normalized spacial score (nSPS) is 24.6. The van der Waals surface area contributed by atoms with Crippen molar-refractivity contribution in [2.45, 2.75) is 32.7 Å². The molecule has 1 fully saturated rings. The molecule has 104 valence electrons. The molecule has 0 amide bonds. The largest absolute Gasteiger partial charge is 0.409 e. The molecule has 2 atom stereocenters. The molecule has 1 aromatic rings. The van der Waals surface area contributed by atoms with E-state index in [1.807, 2.05) is 12.1 Å². The maximum absolute atomic E-state index is 8.68. The Balaban J connectivity index is 2.30. The summed E-state index contributed by atoms with van der Waals surface area (Å²) < 4.78 is 0. The Bertz CT molecular complexity index is 490. The van der Waals surface area contributed by atoms with E-state index in [2.05, 4.69) is 23.9 Å². The Labute approximate surface area is 118 Å². The van der Waals surface area contributed by atoms with Crippen LogP contribution in [0, 0.1) is 5.92 Å².